The number of hydrogen-bond acceptors (Lipinski definition) is 3. The van der Waals surface area contributed by atoms with Crippen LogP contribution in [0.5, 0.6) is 0 Å². The maximum Gasteiger partial charge on any atom is 0.0700 e. The van der Waals surface area contributed by atoms with Gasteiger partial charge in [0.25, 0.3) is 0 Å². The Bertz CT molecular complexity index is 153. The molecule has 0 aromatic carbocycles. The van der Waals surface area contributed by atoms with E-state index in [9.17, 15) is 0 Å². The summed E-state index contributed by atoms with van der Waals surface area (Å²) in [6, 6.07) is 0.401. The van der Waals surface area contributed by atoms with E-state index >= 15 is 0 Å². The lowest BCUT2D eigenvalue weighted by Gasteiger charge is -2.20. The first-order valence-electron chi connectivity index (χ1n) is 6.17. The third-order valence-corrected chi connectivity index (χ3v) is 3.28. The molecule has 1 aliphatic rings. The van der Waals surface area contributed by atoms with Gasteiger partial charge in [-0.15, -0.1) is 0 Å². The third kappa shape index (κ3) is 5.50. The van der Waals surface area contributed by atoms with E-state index in [1.54, 1.807) is 7.11 Å². The second-order valence-electron chi connectivity index (χ2n) is 4.46. The summed E-state index contributed by atoms with van der Waals surface area (Å²) in [4.78, 5) is 0. The van der Waals surface area contributed by atoms with Crippen LogP contribution in [-0.2, 0) is 9.47 Å². The van der Waals surface area contributed by atoms with Crippen LogP contribution in [0.25, 0.3) is 0 Å². The predicted octanol–water partition coefficient (Wildman–Crippen LogP) is 1.95. The lowest BCUT2D eigenvalue weighted by atomic mass is 9.93. The molecule has 2 atom stereocenters. The van der Waals surface area contributed by atoms with Crippen molar-refractivity contribution in [2.45, 2.75) is 44.6 Å². The monoisotopic (exact) mass is 215 g/mol. The lowest BCUT2D eigenvalue weighted by molar-refractivity contribution is 0.0615. The number of hydrogen-bond donors (Lipinski definition) is 1. The topological polar surface area (TPSA) is 44.5 Å². The molecule has 0 heterocycles. The summed E-state index contributed by atoms with van der Waals surface area (Å²) in [5, 5.41) is 0. The molecule has 0 aliphatic heterocycles. The third-order valence-electron chi connectivity index (χ3n) is 3.28. The van der Waals surface area contributed by atoms with Crippen LogP contribution in [0.15, 0.2) is 0 Å². The molecule has 0 amide bonds. The minimum absolute atomic E-state index is 0.401. The number of rotatable bonds is 6. The molecule has 1 rings (SSSR count). The van der Waals surface area contributed by atoms with Crippen LogP contribution in [0.1, 0.15) is 38.5 Å². The average molecular weight is 215 g/mol. The fourth-order valence-corrected chi connectivity index (χ4v) is 2.25. The molecule has 1 fully saturated rings. The van der Waals surface area contributed by atoms with Crippen molar-refractivity contribution in [2.75, 3.05) is 26.9 Å². The van der Waals surface area contributed by atoms with E-state index in [1.807, 2.05) is 0 Å². The smallest absolute Gasteiger partial charge is 0.0700 e. The zero-order valence-corrected chi connectivity index (χ0v) is 9.91. The van der Waals surface area contributed by atoms with E-state index in [0.29, 0.717) is 25.2 Å². The summed E-state index contributed by atoms with van der Waals surface area (Å²) < 4.78 is 10.4. The molecule has 1 saturated carbocycles. The first-order valence-corrected chi connectivity index (χ1v) is 6.17. The molecule has 2 unspecified atom stereocenters. The fraction of sp³-hybridized carbons (Fsp3) is 1.00. The highest BCUT2D eigenvalue weighted by Crippen LogP contribution is 2.24. The molecule has 0 saturated heterocycles. The summed E-state index contributed by atoms with van der Waals surface area (Å²) in [6.45, 7) is 2.23. The zero-order chi connectivity index (χ0) is 10.9. The van der Waals surface area contributed by atoms with Gasteiger partial charge in [0, 0.05) is 19.8 Å². The van der Waals surface area contributed by atoms with Crippen molar-refractivity contribution in [1.82, 2.24) is 0 Å². The molecule has 1 aliphatic carbocycles. The first-order chi connectivity index (χ1) is 7.34. The van der Waals surface area contributed by atoms with Crippen molar-refractivity contribution >= 4 is 0 Å². The van der Waals surface area contributed by atoms with Crippen LogP contribution in [-0.4, -0.2) is 33.0 Å². The maximum absolute atomic E-state index is 6.14. The number of ether oxygens (including phenoxy) is 2. The Morgan fingerprint density at radius 1 is 1.07 bits per heavy atom. The van der Waals surface area contributed by atoms with Crippen LogP contribution >= 0.6 is 0 Å². The summed E-state index contributed by atoms with van der Waals surface area (Å²) in [7, 11) is 1.70. The van der Waals surface area contributed by atoms with Crippen molar-refractivity contribution in [3.63, 3.8) is 0 Å². The fourth-order valence-electron chi connectivity index (χ4n) is 2.25. The van der Waals surface area contributed by atoms with Gasteiger partial charge in [-0.2, -0.15) is 0 Å². The number of nitrogens with two attached hydrogens (primary N) is 1. The Balaban J connectivity index is 2.07. The van der Waals surface area contributed by atoms with Gasteiger partial charge in [-0.25, -0.2) is 0 Å². The second kappa shape index (κ2) is 8.08. The molecule has 3 heteroatoms. The molecule has 0 aromatic heterocycles. The van der Waals surface area contributed by atoms with Gasteiger partial charge in [0.2, 0.25) is 0 Å². The Morgan fingerprint density at radius 2 is 1.87 bits per heavy atom. The molecule has 90 valence electrons. The summed E-state index contributed by atoms with van der Waals surface area (Å²) in [5.41, 5.74) is 6.14. The van der Waals surface area contributed by atoms with Gasteiger partial charge >= 0.3 is 0 Å². The normalized spacial score (nSPS) is 27.6. The molecule has 2 N–H and O–H groups in total. The van der Waals surface area contributed by atoms with Crippen LogP contribution in [0, 0.1) is 5.92 Å². The van der Waals surface area contributed by atoms with Crippen molar-refractivity contribution < 1.29 is 9.47 Å². The van der Waals surface area contributed by atoms with Gasteiger partial charge in [-0.1, -0.05) is 19.3 Å². The highest BCUT2D eigenvalue weighted by atomic mass is 16.5. The van der Waals surface area contributed by atoms with Gasteiger partial charge in [-0.3, -0.25) is 0 Å². The van der Waals surface area contributed by atoms with Gasteiger partial charge < -0.3 is 15.2 Å². The Labute approximate surface area is 93.3 Å². The standard InChI is InChI=1S/C12H25NO2/c1-14-9-10-15-8-7-11-5-3-2-4-6-12(11)13/h11-12H,2-10,13H2,1H3. The Morgan fingerprint density at radius 3 is 2.67 bits per heavy atom. The molecule has 0 aromatic rings. The van der Waals surface area contributed by atoms with Gasteiger partial charge in [0.15, 0.2) is 0 Å². The zero-order valence-electron chi connectivity index (χ0n) is 9.91. The van der Waals surface area contributed by atoms with Gasteiger partial charge in [0.05, 0.1) is 13.2 Å². The summed E-state index contributed by atoms with van der Waals surface area (Å²) in [5.74, 6) is 0.676. The van der Waals surface area contributed by atoms with Crippen molar-refractivity contribution in [2.24, 2.45) is 11.7 Å². The summed E-state index contributed by atoms with van der Waals surface area (Å²) >= 11 is 0. The first kappa shape index (κ1) is 12.9. The van der Waals surface area contributed by atoms with E-state index in [4.69, 9.17) is 15.2 Å². The second-order valence-corrected chi connectivity index (χ2v) is 4.46. The van der Waals surface area contributed by atoms with Crippen molar-refractivity contribution in [3.8, 4) is 0 Å². The summed E-state index contributed by atoms with van der Waals surface area (Å²) in [6.07, 6.45) is 7.61. The molecular weight excluding hydrogens is 190 g/mol. The van der Waals surface area contributed by atoms with Crippen LogP contribution < -0.4 is 5.73 Å². The minimum Gasteiger partial charge on any atom is -0.382 e. The van der Waals surface area contributed by atoms with Crippen molar-refractivity contribution in [3.05, 3.63) is 0 Å². The minimum atomic E-state index is 0.401. The van der Waals surface area contributed by atoms with E-state index in [2.05, 4.69) is 0 Å². The molecule has 0 bridgehead atoms. The van der Waals surface area contributed by atoms with Crippen LogP contribution in [0.2, 0.25) is 0 Å². The Hall–Kier alpha value is -0.120. The molecule has 0 spiro atoms. The maximum atomic E-state index is 6.14. The van der Waals surface area contributed by atoms with Crippen molar-refractivity contribution in [1.29, 1.82) is 0 Å². The Kier molecular flexibility index (Phi) is 6.98. The van der Waals surface area contributed by atoms with Gasteiger partial charge in [0.1, 0.15) is 0 Å². The van der Waals surface area contributed by atoms with E-state index in [-0.39, 0.29) is 0 Å². The quantitative estimate of drug-likeness (QED) is 0.544. The van der Waals surface area contributed by atoms with Crippen LogP contribution in [0.4, 0.5) is 0 Å². The van der Waals surface area contributed by atoms with E-state index in [0.717, 1.165) is 13.0 Å². The number of methoxy groups -OCH3 is 1. The molecule has 3 nitrogen and oxygen atoms in total. The molecule has 15 heavy (non-hydrogen) atoms. The van der Waals surface area contributed by atoms with Gasteiger partial charge in [-0.05, 0) is 25.2 Å². The predicted molar refractivity (Wildman–Crippen MR) is 61.9 cm³/mol. The SMILES string of the molecule is COCCOCCC1CCCCCC1N. The lowest BCUT2D eigenvalue weighted by Crippen LogP contribution is -2.29. The van der Waals surface area contributed by atoms with Crippen LogP contribution in [0.3, 0.4) is 0 Å². The molecular formula is C12H25NO2. The molecule has 0 radical (unpaired) electrons. The average Bonchev–Trinajstić information content (AvgIpc) is 2.44. The van der Waals surface area contributed by atoms with E-state index < -0.39 is 0 Å². The highest BCUT2D eigenvalue weighted by molar-refractivity contribution is 4.76. The highest BCUT2D eigenvalue weighted by Gasteiger charge is 2.19. The largest absolute Gasteiger partial charge is 0.382 e. The van der Waals surface area contributed by atoms with E-state index in [1.165, 1.54) is 32.1 Å².